The number of hydrogen-bond acceptors (Lipinski definition) is 3. The van der Waals surface area contributed by atoms with Crippen LogP contribution in [0.3, 0.4) is 0 Å². The lowest BCUT2D eigenvalue weighted by Gasteiger charge is -1.96. The highest BCUT2D eigenvalue weighted by Gasteiger charge is 1.91. The van der Waals surface area contributed by atoms with Crippen LogP contribution in [0.15, 0.2) is 23.6 Å². The number of rotatable bonds is 4. The molecule has 0 N–H and O–H groups in total. The Morgan fingerprint density at radius 2 is 2.45 bits per heavy atom. The van der Waals surface area contributed by atoms with Gasteiger partial charge in [-0.1, -0.05) is 13.3 Å². The van der Waals surface area contributed by atoms with E-state index in [0.29, 0.717) is 0 Å². The van der Waals surface area contributed by atoms with Crippen LogP contribution in [0, 0.1) is 6.92 Å². The highest BCUT2D eigenvalue weighted by Crippen LogP contribution is 2.14. The molecule has 59 valence electrons. The first-order valence-corrected chi connectivity index (χ1v) is 4.60. The molecule has 0 aliphatic carbocycles. The second-order valence-corrected chi connectivity index (χ2v) is 3.22. The molecule has 0 aromatic carbocycles. The maximum atomic E-state index is 4.08. The minimum atomic E-state index is 0.998. The predicted octanol–water partition coefficient (Wildman–Crippen LogP) is 2.18. The standard InChI is InChI=1S/C8H11N2S/c1-2-3-6-11-8-4-5-9-7-10-8/h4-5,7H,1-3,6H2. The molecule has 1 radical (unpaired) electrons. The van der Waals surface area contributed by atoms with Gasteiger partial charge < -0.3 is 0 Å². The van der Waals surface area contributed by atoms with Crippen molar-refractivity contribution in [3.8, 4) is 0 Å². The lowest BCUT2D eigenvalue weighted by atomic mass is 10.4. The molecule has 1 rings (SSSR count). The second kappa shape index (κ2) is 5.13. The summed E-state index contributed by atoms with van der Waals surface area (Å²) in [5.74, 6) is 1.10. The van der Waals surface area contributed by atoms with Gasteiger partial charge in [0, 0.05) is 6.20 Å². The molecule has 11 heavy (non-hydrogen) atoms. The number of unbranched alkanes of at least 4 members (excludes halogenated alkanes) is 1. The van der Waals surface area contributed by atoms with Gasteiger partial charge in [0.2, 0.25) is 0 Å². The lowest BCUT2D eigenvalue weighted by Crippen LogP contribution is -1.82. The summed E-state index contributed by atoms with van der Waals surface area (Å²) in [4.78, 5) is 7.92. The molecule has 3 heteroatoms. The molecule has 2 nitrogen and oxygen atoms in total. The molecule has 1 aromatic rings. The molecular weight excluding hydrogens is 156 g/mol. The smallest absolute Gasteiger partial charge is 0.116 e. The summed E-state index contributed by atoms with van der Waals surface area (Å²) < 4.78 is 0. The van der Waals surface area contributed by atoms with Crippen molar-refractivity contribution in [2.24, 2.45) is 0 Å². The summed E-state index contributed by atoms with van der Waals surface area (Å²) in [5.41, 5.74) is 0. The maximum Gasteiger partial charge on any atom is 0.116 e. The molecule has 0 aliphatic rings. The predicted molar refractivity (Wildman–Crippen MR) is 47.3 cm³/mol. The van der Waals surface area contributed by atoms with Gasteiger partial charge in [-0.05, 0) is 18.2 Å². The zero-order valence-electron chi connectivity index (χ0n) is 6.36. The van der Waals surface area contributed by atoms with Crippen molar-refractivity contribution >= 4 is 11.8 Å². The van der Waals surface area contributed by atoms with E-state index in [-0.39, 0.29) is 0 Å². The summed E-state index contributed by atoms with van der Waals surface area (Å²) in [6.07, 6.45) is 5.48. The van der Waals surface area contributed by atoms with Gasteiger partial charge >= 0.3 is 0 Å². The molecule has 0 spiro atoms. The summed E-state index contributed by atoms with van der Waals surface area (Å²) in [6.45, 7) is 3.77. The third-order valence-corrected chi connectivity index (χ3v) is 2.23. The number of hydrogen-bond donors (Lipinski definition) is 0. The Morgan fingerprint density at radius 1 is 1.55 bits per heavy atom. The Balaban J connectivity index is 2.28. The van der Waals surface area contributed by atoms with Crippen LogP contribution in [0.4, 0.5) is 0 Å². The van der Waals surface area contributed by atoms with Gasteiger partial charge in [-0.2, -0.15) is 0 Å². The number of aromatic nitrogens is 2. The third-order valence-electron chi connectivity index (χ3n) is 1.20. The van der Waals surface area contributed by atoms with Crippen molar-refractivity contribution in [1.29, 1.82) is 0 Å². The van der Waals surface area contributed by atoms with Crippen molar-refractivity contribution in [3.05, 3.63) is 25.5 Å². The maximum absolute atomic E-state index is 4.08. The molecule has 0 fully saturated rings. The van der Waals surface area contributed by atoms with Crippen LogP contribution in [0.25, 0.3) is 0 Å². The van der Waals surface area contributed by atoms with Gasteiger partial charge in [-0.3, -0.25) is 0 Å². The fourth-order valence-electron chi connectivity index (χ4n) is 0.643. The molecule has 0 aliphatic heterocycles. The monoisotopic (exact) mass is 167 g/mol. The molecule has 0 unspecified atom stereocenters. The molecule has 0 saturated heterocycles. The van der Waals surface area contributed by atoms with E-state index in [1.807, 2.05) is 6.07 Å². The van der Waals surface area contributed by atoms with Crippen LogP contribution in [-0.4, -0.2) is 15.7 Å². The number of thioether (sulfide) groups is 1. The zero-order valence-corrected chi connectivity index (χ0v) is 7.18. The summed E-state index contributed by atoms with van der Waals surface area (Å²) in [7, 11) is 0. The van der Waals surface area contributed by atoms with Crippen molar-refractivity contribution in [2.45, 2.75) is 17.9 Å². The van der Waals surface area contributed by atoms with Crippen molar-refractivity contribution in [2.75, 3.05) is 5.75 Å². The van der Waals surface area contributed by atoms with E-state index in [0.717, 1.165) is 23.6 Å². The summed E-state index contributed by atoms with van der Waals surface area (Å²) in [5, 5.41) is 1.05. The Kier molecular flexibility index (Phi) is 3.98. The fourth-order valence-corrected chi connectivity index (χ4v) is 1.48. The van der Waals surface area contributed by atoms with Gasteiger partial charge in [0.15, 0.2) is 0 Å². The van der Waals surface area contributed by atoms with Crippen molar-refractivity contribution in [1.82, 2.24) is 9.97 Å². The lowest BCUT2D eigenvalue weighted by molar-refractivity contribution is 0.962. The van der Waals surface area contributed by atoms with Gasteiger partial charge in [0.1, 0.15) is 6.33 Å². The largest absolute Gasteiger partial charge is 0.245 e. The first-order valence-electron chi connectivity index (χ1n) is 3.61. The Labute approximate surface area is 71.5 Å². The topological polar surface area (TPSA) is 25.8 Å². The molecule has 0 atom stereocenters. The van der Waals surface area contributed by atoms with Crippen LogP contribution in [-0.2, 0) is 0 Å². The second-order valence-electron chi connectivity index (χ2n) is 2.10. The molecule has 1 heterocycles. The average Bonchev–Trinajstić information content (AvgIpc) is 2.07. The minimum Gasteiger partial charge on any atom is -0.245 e. The van der Waals surface area contributed by atoms with Crippen molar-refractivity contribution in [3.63, 3.8) is 0 Å². The highest BCUT2D eigenvalue weighted by molar-refractivity contribution is 7.99. The van der Waals surface area contributed by atoms with E-state index in [9.17, 15) is 0 Å². The van der Waals surface area contributed by atoms with E-state index in [2.05, 4.69) is 16.9 Å². The van der Waals surface area contributed by atoms with Gasteiger partial charge in [-0.25, -0.2) is 9.97 Å². The number of nitrogens with zero attached hydrogens (tertiary/aromatic N) is 2. The van der Waals surface area contributed by atoms with E-state index in [1.54, 1.807) is 24.3 Å². The summed E-state index contributed by atoms with van der Waals surface area (Å²) in [6, 6.07) is 1.92. The minimum absolute atomic E-state index is 0.998. The highest BCUT2D eigenvalue weighted by atomic mass is 32.2. The van der Waals surface area contributed by atoms with Crippen LogP contribution in [0.1, 0.15) is 12.8 Å². The van der Waals surface area contributed by atoms with Gasteiger partial charge in [0.05, 0.1) is 5.03 Å². The Hall–Kier alpha value is -0.570. The quantitative estimate of drug-likeness (QED) is 0.390. The molecule has 0 bridgehead atoms. The Bertz CT molecular complexity index is 189. The molecule has 1 aromatic heterocycles. The first kappa shape index (κ1) is 8.53. The van der Waals surface area contributed by atoms with E-state index in [1.165, 1.54) is 0 Å². The van der Waals surface area contributed by atoms with Crippen molar-refractivity contribution < 1.29 is 0 Å². The van der Waals surface area contributed by atoms with E-state index in [4.69, 9.17) is 0 Å². The average molecular weight is 167 g/mol. The van der Waals surface area contributed by atoms with Gasteiger partial charge in [-0.15, -0.1) is 11.8 Å². The van der Waals surface area contributed by atoms with Crippen LogP contribution in [0.5, 0.6) is 0 Å². The Morgan fingerprint density at radius 3 is 3.09 bits per heavy atom. The fraction of sp³-hybridized carbons (Fsp3) is 0.375. The normalized spacial score (nSPS) is 9.91. The van der Waals surface area contributed by atoms with Gasteiger partial charge in [0.25, 0.3) is 0 Å². The van der Waals surface area contributed by atoms with E-state index >= 15 is 0 Å². The van der Waals surface area contributed by atoms with Crippen LogP contribution in [0.2, 0.25) is 0 Å². The molecular formula is C8H11N2S. The molecule has 0 amide bonds. The first-order chi connectivity index (χ1) is 5.43. The van der Waals surface area contributed by atoms with E-state index < -0.39 is 0 Å². The zero-order chi connectivity index (χ0) is 7.94. The van der Waals surface area contributed by atoms with Crippen LogP contribution < -0.4 is 0 Å². The third kappa shape index (κ3) is 3.37. The summed E-state index contributed by atoms with van der Waals surface area (Å²) >= 11 is 1.75. The van der Waals surface area contributed by atoms with Crippen LogP contribution >= 0.6 is 11.8 Å². The molecule has 0 saturated carbocycles. The SMILES string of the molecule is [CH2]CCCSc1ccncn1.